The van der Waals surface area contributed by atoms with Gasteiger partial charge in [0.05, 0.1) is 24.1 Å². The zero-order chi connectivity index (χ0) is 16.2. The molecule has 1 aromatic rings. The molecule has 2 rings (SSSR count). The summed E-state index contributed by atoms with van der Waals surface area (Å²) in [7, 11) is -3.36. The Morgan fingerprint density at radius 3 is 2.52 bits per heavy atom. The van der Waals surface area contributed by atoms with Gasteiger partial charge in [-0.1, -0.05) is 30.3 Å². The first-order chi connectivity index (χ1) is 10.3. The number of nitrogens with one attached hydrogen (secondary N) is 2. The van der Waals surface area contributed by atoms with Crippen LogP contribution in [-0.2, 0) is 20.4 Å². The van der Waals surface area contributed by atoms with Crippen LogP contribution in [-0.4, -0.2) is 45.1 Å². The van der Waals surface area contributed by atoms with E-state index in [4.69, 9.17) is 0 Å². The summed E-state index contributed by atoms with van der Waals surface area (Å²) in [5.74, 6) is -3.81. The van der Waals surface area contributed by atoms with Gasteiger partial charge in [-0.3, -0.25) is 10.1 Å². The third-order valence-corrected chi connectivity index (χ3v) is 4.97. The van der Waals surface area contributed by atoms with Crippen molar-refractivity contribution < 1.29 is 22.0 Å². The zero-order valence-corrected chi connectivity index (χ0v) is 13.9. The normalized spacial score (nSPS) is 19.8. The van der Waals surface area contributed by atoms with Crippen molar-refractivity contribution in [1.82, 2.24) is 10.6 Å². The molecule has 5 nitrogen and oxygen atoms in total. The Kier molecular flexibility index (Phi) is 6.91. The minimum atomic E-state index is -3.36. The van der Waals surface area contributed by atoms with Crippen molar-refractivity contribution in [3.63, 3.8) is 0 Å². The molecule has 1 unspecified atom stereocenters. The standard InChI is InChI=1S/C14H18F2N2O3S.ClH/c15-14(16)8-12(18-10-14)13(19)17-6-7-22(20,21)9-11-4-2-1-3-5-11;/h1-5,12,18H,6-10H2,(H,17,19);1H. The van der Waals surface area contributed by atoms with Crippen LogP contribution in [0.5, 0.6) is 0 Å². The fourth-order valence-corrected chi connectivity index (χ4v) is 3.51. The molecule has 0 bridgehead atoms. The monoisotopic (exact) mass is 368 g/mol. The van der Waals surface area contributed by atoms with Crippen molar-refractivity contribution in [2.75, 3.05) is 18.8 Å². The predicted octanol–water partition coefficient (Wildman–Crippen LogP) is 1.14. The Bertz CT molecular complexity index is 626. The molecule has 1 heterocycles. The van der Waals surface area contributed by atoms with E-state index in [1.54, 1.807) is 30.3 Å². The number of sulfone groups is 1. The summed E-state index contributed by atoms with van der Waals surface area (Å²) in [6, 6.07) is 7.74. The van der Waals surface area contributed by atoms with E-state index in [-0.39, 0.29) is 30.5 Å². The van der Waals surface area contributed by atoms with Crippen LogP contribution >= 0.6 is 12.4 Å². The van der Waals surface area contributed by atoms with Gasteiger partial charge in [0.2, 0.25) is 5.91 Å². The average Bonchev–Trinajstić information content (AvgIpc) is 2.79. The molecule has 1 fully saturated rings. The van der Waals surface area contributed by atoms with Gasteiger partial charge in [0.25, 0.3) is 5.92 Å². The van der Waals surface area contributed by atoms with Gasteiger partial charge in [0.15, 0.2) is 9.84 Å². The molecule has 9 heteroatoms. The minimum absolute atomic E-state index is 0. The van der Waals surface area contributed by atoms with E-state index in [0.717, 1.165) is 0 Å². The summed E-state index contributed by atoms with van der Waals surface area (Å²) in [4.78, 5) is 11.7. The lowest BCUT2D eigenvalue weighted by Gasteiger charge is -2.11. The Balaban J connectivity index is 0.00000264. The van der Waals surface area contributed by atoms with E-state index >= 15 is 0 Å². The summed E-state index contributed by atoms with van der Waals surface area (Å²) < 4.78 is 49.8. The van der Waals surface area contributed by atoms with Crippen molar-refractivity contribution in [1.29, 1.82) is 0 Å². The molecule has 0 radical (unpaired) electrons. The molecule has 0 saturated carbocycles. The van der Waals surface area contributed by atoms with Crippen LogP contribution in [0.15, 0.2) is 30.3 Å². The summed E-state index contributed by atoms with van der Waals surface area (Å²) in [5.41, 5.74) is 0.672. The lowest BCUT2D eigenvalue weighted by Crippen LogP contribution is -2.42. The Labute approximate surface area is 140 Å². The Morgan fingerprint density at radius 1 is 1.30 bits per heavy atom. The van der Waals surface area contributed by atoms with E-state index in [0.29, 0.717) is 5.56 Å². The molecule has 1 atom stereocenters. The van der Waals surface area contributed by atoms with Crippen molar-refractivity contribution in [2.45, 2.75) is 24.1 Å². The summed E-state index contributed by atoms with van der Waals surface area (Å²) >= 11 is 0. The molecule has 130 valence electrons. The zero-order valence-electron chi connectivity index (χ0n) is 12.3. The molecule has 1 amide bonds. The van der Waals surface area contributed by atoms with E-state index < -0.39 is 40.7 Å². The Hall–Kier alpha value is -1.25. The summed E-state index contributed by atoms with van der Waals surface area (Å²) in [6.45, 7) is -0.616. The highest BCUT2D eigenvalue weighted by Gasteiger charge is 2.42. The first-order valence-corrected chi connectivity index (χ1v) is 8.73. The molecular weight excluding hydrogens is 350 g/mol. The van der Waals surface area contributed by atoms with Gasteiger partial charge in [-0.2, -0.15) is 0 Å². The second kappa shape index (κ2) is 8.03. The van der Waals surface area contributed by atoms with Gasteiger partial charge < -0.3 is 5.32 Å². The molecule has 1 aliphatic heterocycles. The molecule has 0 aromatic heterocycles. The highest BCUT2D eigenvalue weighted by Crippen LogP contribution is 2.24. The predicted molar refractivity (Wildman–Crippen MR) is 85.5 cm³/mol. The molecule has 1 aliphatic rings. The van der Waals surface area contributed by atoms with E-state index in [1.807, 2.05) is 0 Å². The van der Waals surface area contributed by atoms with Crippen LogP contribution in [0.4, 0.5) is 8.78 Å². The highest BCUT2D eigenvalue weighted by molar-refractivity contribution is 7.90. The number of amides is 1. The fourth-order valence-electron chi connectivity index (χ4n) is 2.25. The van der Waals surface area contributed by atoms with Gasteiger partial charge >= 0.3 is 0 Å². The lowest BCUT2D eigenvalue weighted by molar-refractivity contribution is -0.123. The first-order valence-electron chi connectivity index (χ1n) is 6.91. The second-order valence-electron chi connectivity index (χ2n) is 5.36. The number of rotatable bonds is 6. The maximum atomic E-state index is 13.0. The number of halogens is 3. The molecule has 0 aliphatic carbocycles. The third-order valence-electron chi connectivity index (χ3n) is 3.37. The lowest BCUT2D eigenvalue weighted by atomic mass is 10.2. The van der Waals surface area contributed by atoms with Gasteiger partial charge in [0.1, 0.15) is 0 Å². The van der Waals surface area contributed by atoms with Crippen LogP contribution in [0, 0.1) is 0 Å². The smallest absolute Gasteiger partial charge is 0.262 e. The van der Waals surface area contributed by atoms with Crippen LogP contribution in [0.25, 0.3) is 0 Å². The van der Waals surface area contributed by atoms with E-state index in [9.17, 15) is 22.0 Å². The van der Waals surface area contributed by atoms with Gasteiger partial charge in [0, 0.05) is 13.0 Å². The van der Waals surface area contributed by atoms with Crippen molar-refractivity contribution in [3.8, 4) is 0 Å². The number of hydrogen-bond donors (Lipinski definition) is 2. The first kappa shape index (κ1) is 19.8. The summed E-state index contributed by atoms with van der Waals surface area (Å²) in [6.07, 6.45) is -0.560. The van der Waals surface area contributed by atoms with Crippen LogP contribution in [0.2, 0.25) is 0 Å². The van der Waals surface area contributed by atoms with Crippen LogP contribution in [0.3, 0.4) is 0 Å². The third kappa shape index (κ3) is 6.40. The maximum Gasteiger partial charge on any atom is 0.262 e. The van der Waals surface area contributed by atoms with Crippen LogP contribution < -0.4 is 10.6 Å². The molecule has 1 saturated heterocycles. The maximum absolute atomic E-state index is 13.0. The molecule has 2 N–H and O–H groups in total. The highest BCUT2D eigenvalue weighted by atomic mass is 35.5. The number of carbonyl (C=O) groups excluding carboxylic acids is 1. The van der Waals surface area contributed by atoms with Crippen molar-refractivity contribution in [3.05, 3.63) is 35.9 Å². The number of hydrogen-bond acceptors (Lipinski definition) is 4. The fraction of sp³-hybridized carbons (Fsp3) is 0.500. The topological polar surface area (TPSA) is 75.3 Å². The van der Waals surface area contributed by atoms with Crippen LogP contribution in [0.1, 0.15) is 12.0 Å². The van der Waals surface area contributed by atoms with Gasteiger partial charge in [-0.15, -0.1) is 12.4 Å². The Morgan fingerprint density at radius 2 is 1.96 bits per heavy atom. The number of carbonyl (C=O) groups is 1. The van der Waals surface area contributed by atoms with Crippen molar-refractivity contribution in [2.24, 2.45) is 0 Å². The largest absolute Gasteiger partial charge is 0.354 e. The second-order valence-corrected chi connectivity index (χ2v) is 7.55. The van der Waals surface area contributed by atoms with Gasteiger partial charge in [-0.05, 0) is 5.56 Å². The minimum Gasteiger partial charge on any atom is -0.354 e. The van der Waals surface area contributed by atoms with E-state index in [1.165, 1.54) is 0 Å². The number of alkyl halides is 2. The van der Waals surface area contributed by atoms with Crippen molar-refractivity contribution >= 4 is 28.2 Å². The quantitative estimate of drug-likeness (QED) is 0.789. The SMILES string of the molecule is Cl.O=C(NCCS(=O)(=O)Cc1ccccc1)C1CC(F)(F)CN1. The molecule has 0 spiro atoms. The van der Waals surface area contributed by atoms with Gasteiger partial charge in [-0.25, -0.2) is 17.2 Å². The molecule has 23 heavy (non-hydrogen) atoms. The van der Waals surface area contributed by atoms with E-state index in [2.05, 4.69) is 10.6 Å². The molecule has 1 aromatic carbocycles. The number of benzene rings is 1. The molecular formula is C14H19ClF2N2O3S. The average molecular weight is 369 g/mol. The summed E-state index contributed by atoms with van der Waals surface area (Å²) in [5, 5.41) is 4.81.